The summed E-state index contributed by atoms with van der Waals surface area (Å²) in [5.74, 6) is 1.12. The van der Waals surface area contributed by atoms with Crippen molar-refractivity contribution >= 4 is 0 Å². The Kier molecular flexibility index (Phi) is 6.25. The molecule has 0 bridgehead atoms. The molecule has 1 saturated heterocycles. The first-order valence-corrected chi connectivity index (χ1v) is 8.61. The van der Waals surface area contributed by atoms with Crippen LogP contribution in [0.3, 0.4) is 0 Å². The van der Waals surface area contributed by atoms with Gasteiger partial charge in [0.05, 0.1) is 13.2 Å². The van der Waals surface area contributed by atoms with Crippen LogP contribution in [-0.4, -0.2) is 26.4 Å². The first kappa shape index (κ1) is 17.7. The van der Waals surface area contributed by atoms with Gasteiger partial charge >= 0.3 is 0 Å². The summed E-state index contributed by atoms with van der Waals surface area (Å²) >= 11 is 0. The molecule has 134 valence electrons. The van der Waals surface area contributed by atoms with Crippen LogP contribution in [-0.2, 0) is 17.9 Å². The highest BCUT2D eigenvalue weighted by Gasteiger charge is 2.14. The van der Waals surface area contributed by atoms with Crippen molar-refractivity contribution in [1.82, 2.24) is 5.32 Å². The molecule has 0 aromatic heterocycles. The van der Waals surface area contributed by atoms with Gasteiger partial charge in [0.1, 0.15) is 12.4 Å². The maximum Gasteiger partial charge on any atom is 0.161 e. The lowest BCUT2D eigenvalue weighted by Crippen LogP contribution is -2.25. The minimum absolute atomic E-state index is 0.249. The SMILES string of the molecule is COc1cc(CNC[C@@H]2CCCO2)ccc1OCc1ccc(F)cc1. The van der Waals surface area contributed by atoms with E-state index in [1.54, 1.807) is 19.2 Å². The van der Waals surface area contributed by atoms with Gasteiger partial charge in [-0.15, -0.1) is 0 Å². The molecule has 25 heavy (non-hydrogen) atoms. The minimum Gasteiger partial charge on any atom is -0.493 e. The van der Waals surface area contributed by atoms with E-state index in [0.29, 0.717) is 24.2 Å². The molecule has 5 heteroatoms. The van der Waals surface area contributed by atoms with Crippen LogP contribution in [0.15, 0.2) is 42.5 Å². The summed E-state index contributed by atoms with van der Waals surface area (Å²) in [6, 6.07) is 12.2. The van der Waals surface area contributed by atoms with E-state index in [9.17, 15) is 4.39 Å². The molecule has 1 aliphatic heterocycles. The number of halogens is 1. The van der Waals surface area contributed by atoms with Crippen LogP contribution in [0.5, 0.6) is 11.5 Å². The van der Waals surface area contributed by atoms with Crippen molar-refractivity contribution in [2.45, 2.75) is 32.1 Å². The standard InChI is InChI=1S/C20H24FNO3/c1-23-20-11-16(12-22-13-18-3-2-10-24-18)6-9-19(20)25-14-15-4-7-17(21)8-5-15/h4-9,11,18,22H,2-3,10,12-14H2,1H3/t18-/m0/s1. The third-order valence-corrected chi connectivity index (χ3v) is 4.26. The molecule has 2 aromatic rings. The average Bonchev–Trinajstić information content (AvgIpc) is 3.15. The zero-order chi connectivity index (χ0) is 17.5. The summed E-state index contributed by atoms with van der Waals surface area (Å²) in [4.78, 5) is 0. The van der Waals surface area contributed by atoms with Gasteiger partial charge in [-0.2, -0.15) is 0 Å². The number of hydrogen-bond donors (Lipinski definition) is 1. The number of ether oxygens (including phenoxy) is 3. The largest absolute Gasteiger partial charge is 0.493 e. The summed E-state index contributed by atoms with van der Waals surface area (Å²) in [7, 11) is 1.63. The molecule has 2 aromatic carbocycles. The summed E-state index contributed by atoms with van der Waals surface area (Å²) in [6.07, 6.45) is 2.62. The van der Waals surface area contributed by atoms with Crippen molar-refractivity contribution < 1.29 is 18.6 Å². The van der Waals surface area contributed by atoms with E-state index >= 15 is 0 Å². The Morgan fingerprint density at radius 2 is 1.92 bits per heavy atom. The zero-order valence-electron chi connectivity index (χ0n) is 14.5. The third-order valence-electron chi connectivity index (χ3n) is 4.26. The predicted molar refractivity (Wildman–Crippen MR) is 94.4 cm³/mol. The molecule has 0 radical (unpaired) electrons. The summed E-state index contributed by atoms with van der Waals surface area (Å²) in [5, 5.41) is 3.42. The van der Waals surface area contributed by atoms with Crippen LogP contribution in [0.1, 0.15) is 24.0 Å². The van der Waals surface area contributed by atoms with Gasteiger partial charge in [-0.25, -0.2) is 4.39 Å². The Bertz CT molecular complexity index is 669. The Balaban J connectivity index is 1.54. The second-order valence-corrected chi connectivity index (χ2v) is 6.17. The second kappa shape index (κ2) is 8.83. The highest BCUT2D eigenvalue weighted by molar-refractivity contribution is 5.43. The molecule has 1 atom stereocenters. The lowest BCUT2D eigenvalue weighted by Gasteiger charge is -2.14. The average molecular weight is 345 g/mol. The number of hydrogen-bond acceptors (Lipinski definition) is 4. The number of rotatable bonds is 8. The quantitative estimate of drug-likeness (QED) is 0.792. The van der Waals surface area contributed by atoms with Crippen molar-refractivity contribution in [2.75, 3.05) is 20.3 Å². The molecule has 1 heterocycles. The second-order valence-electron chi connectivity index (χ2n) is 6.17. The van der Waals surface area contributed by atoms with Crippen LogP contribution < -0.4 is 14.8 Å². The highest BCUT2D eigenvalue weighted by Crippen LogP contribution is 2.29. The monoisotopic (exact) mass is 345 g/mol. The van der Waals surface area contributed by atoms with Crippen LogP contribution >= 0.6 is 0 Å². The van der Waals surface area contributed by atoms with Crippen LogP contribution in [0.2, 0.25) is 0 Å². The fraction of sp³-hybridized carbons (Fsp3) is 0.400. The Labute approximate surface area is 147 Å². The van der Waals surface area contributed by atoms with Crippen molar-refractivity contribution in [3.05, 3.63) is 59.4 Å². The first-order valence-electron chi connectivity index (χ1n) is 8.61. The Hall–Kier alpha value is -2.11. The lowest BCUT2D eigenvalue weighted by atomic mass is 10.2. The fourth-order valence-electron chi connectivity index (χ4n) is 2.87. The lowest BCUT2D eigenvalue weighted by molar-refractivity contribution is 0.110. The molecular formula is C20H24FNO3. The third kappa shape index (κ3) is 5.18. The maximum atomic E-state index is 12.9. The molecular weight excluding hydrogens is 321 g/mol. The van der Waals surface area contributed by atoms with Gasteiger partial charge in [0.25, 0.3) is 0 Å². The predicted octanol–water partition coefficient (Wildman–Crippen LogP) is 3.68. The van der Waals surface area contributed by atoms with Gasteiger partial charge in [-0.1, -0.05) is 18.2 Å². The Morgan fingerprint density at radius 1 is 1.12 bits per heavy atom. The van der Waals surface area contributed by atoms with E-state index in [0.717, 1.165) is 43.7 Å². The maximum absolute atomic E-state index is 12.9. The number of benzene rings is 2. The molecule has 0 spiro atoms. The van der Waals surface area contributed by atoms with Crippen molar-refractivity contribution in [2.24, 2.45) is 0 Å². The molecule has 1 fully saturated rings. The van der Waals surface area contributed by atoms with E-state index < -0.39 is 0 Å². The molecule has 1 N–H and O–H groups in total. The number of methoxy groups -OCH3 is 1. The van der Waals surface area contributed by atoms with E-state index in [-0.39, 0.29) is 5.82 Å². The Morgan fingerprint density at radius 3 is 2.64 bits per heavy atom. The summed E-state index contributed by atoms with van der Waals surface area (Å²) in [5.41, 5.74) is 2.04. The van der Waals surface area contributed by atoms with Gasteiger partial charge in [0.15, 0.2) is 11.5 Å². The molecule has 0 unspecified atom stereocenters. The number of nitrogens with one attached hydrogen (secondary N) is 1. The topological polar surface area (TPSA) is 39.7 Å². The molecule has 3 rings (SSSR count). The summed E-state index contributed by atoms with van der Waals surface area (Å²) in [6.45, 7) is 2.87. The van der Waals surface area contributed by atoms with Crippen molar-refractivity contribution in [3.63, 3.8) is 0 Å². The van der Waals surface area contributed by atoms with Crippen molar-refractivity contribution in [1.29, 1.82) is 0 Å². The van der Waals surface area contributed by atoms with E-state index in [1.807, 2.05) is 18.2 Å². The molecule has 4 nitrogen and oxygen atoms in total. The van der Waals surface area contributed by atoms with E-state index in [1.165, 1.54) is 12.1 Å². The van der Waals surface area contributed by atoms with E-state index in [4.69, 9.17) is 14.2 Å². The van der Waals surface area contributed by atoms with Crippen LogP contribution in [0, 0.1) is 5.82 Å². The van der Waals surface area contributed by atoms with Crippen molar-refractivity contribution in [3.8, 4) is 11.5 Å². The van der Waals surface area contributed by atoms with Crippen LogP contribution in [0.4, 0.5) is 4.39 Å². The van der Waals surface area contributed by atoms with Gasteiger partial charge in [0, 0.05) is 19.7 Å². The minimum atomic E-state index is -0.249. The first-order chi connectivity index (χ1) is 12.2. The normalized spacial score (nSPS) is 16.8. The molecule has 0 amide bonds. The molecule has 1 aliphatic rings. The van der Waals surface area contributed by atoms with Gasteiger partial charge in [-0.3, -0.25) is 0 Å². The van der Waals surface area contributed by atoms with E-state index in [2.05, 4.69) is 5.32 Å². The smallest absolute Gasteiger partial charge is 0.161 e. The van der Waals surface area contributed by atoms with Gasteiger partial charge in [0.2, 0.25) is 0 Å². The fourth-order valence-corrected chi connectivity index (χ4v) is 2.87. The van der Waals surface area contributed by atoms with Gasteiger partial charge in [-0.05, 0) is 48.2 Å². The molecule has 0 saturated carbocycles. The summed E-state index contributed by atoms with van der Waals surface area (Å²) < 4.78 is 29.8. The molecule has 0 aliphatic carbocycles. The zero-order valence-corrected chi connectivity index (χ0v) is 14.5. The van der Waals surface area contributed by atoms with Crippen LogP contribution in [0.25, 0.3) is 0 Å². The highest BCUT2D eigenvalue weighted by atomic mass is 19.1. The van der Waals surface area contributed by atoms with Gasteiger partial charge < -0.3 is 19.5 Å².